The summed E-state index contributed by atoms with van der Waals surface area (Å²) in [6, 6.07) is 15.5. The maximum absolute atomic E-state index is 11.9. The number of likely N-dealkylation sites (tertiary alicyclic amines) is 1. The number of benzene rings is 2. The normalized spacial score (nSPS) is 16.8. The van der Waals surface area contributed by atoms with Gasteiger partial charge in [-0.05, 0) is 54.8 Å². The lowest BCUT2D eigenvalue weighted by Crippen LogP contribution is -2.51. The first-order valence-corrected chi connectivity index (χ1v) is 11.2. The topological polar surface area (TPSA) is 95.5 Å². The number of ether oxygens (including phenoxy) is 1. The second-order valence-corrected chi connectivity index (χ2v) is 9.24. The fourth-order valence-electron chi connectivity index (χ4n) is 4.37. The zero-order valence-electron chi connectivity index (χ0n) is 17.1. The Balaban J connectivity index is 1.87. The van der Waals surface area contributed by atoms with Crippen molar-refractivity contribution in [1.29, 1.82) is 5.41 Å². The second-order valence-electron chi connectivity index (χ2n) is 7.88. The Kier molecular flexibility index (Phi) is 6.10. The predicted octanol–water partition coefficient (Wildman–Crippen LogP) is 4.51. The number of hydrogen-bond acceptors (Lipinski definition) is 4. The first-order valence-electron chi connectivity index (χ1n) is 10.0. The van der Waals surface area contributed by atoms with E-state index in [0.29, 0.717) is 36.8 Å². The van der Waals surface area contributed by atoms with Gasteiger partial charge in [-0.1, -0.05) is 39.7 Å². The van der Waals surface area contributed by atoms with Crippen LogP contribution in [0.4, 0.5) is 0 Å². The molecule has 1 atom stereocenters. The number of aliphatic hydroxyl groups is 1. The van der Waals surface area contributed by atoms with E-state index in [-0.39, 0.29) is 11.9 Å². The van der Waals surface area contributed by atoms with Gasteiger partial charge < -0.3 is 20.5 Å². The lowest BCUT2D eigenvalue weighted by Gasteiger charge is -2.43. The average molecular weight is 504 g/mol. The van der Waals surface area contributed by atoms with E-state index in [1.54, 1.807) is 12.0 Å². The fraction of sp³-hybridized carbons (Fsp3) is 0.304. The first-order chi connectivity index (χ1) is 14.8. The Morgan fingerprint density at radius 2 is 1.90 bits per heavy atom. The molecule has 2 aromatic carbocycles. The zero-order chi connectivity index (χ0) is 22.2. The van der Waals surface area contributed by atoms with E-state index >= 15 is 0 Å². The van der Waals surface area contributed by atoms with Gasteiger partial charge in [-0.15, -0.1) is 0 Å². The molecule has 4 N–H and O–H groups in total. The second kappa shape index (κ2) is 8.65. The van der Waals surface area contributed by atoms with Crippen molar-refractivity contribution in [3.05, 3.63) is 69.2 Å². The summed E-state index contributed by atoms with van der Waals surface area (Å²) in [5.74, 6) is 0.127. The molecule has 1 fully saturated rings. The molecule has 2 heterocycles. The summed E-state index contributed by atoms with van der Waals surface area (Å²) in [4.78, 5) is 6.50. The van der Waals surface area contributed by atoms with Gasteiger partial charge in [0.2, 0.25) is 5.88 Å². The number of halogens is 2. The van der Waals surface area contributed by atoms with Gasteiger partial charge in [0.1, 0.15) is 0 Å². The van der Waals surface area contributed by atoms with Crippen LogP contribution in [0.5, 0.6) is 5.88 Å². The molecule has 1 aromatic heterocycles. The number of pyridine rings is 1. The molecule has 0 aliphatic carbocycles. The molecule has 4 rings (SSSR count). The minimum absolute atomic E-state index is 0.0277. The standard InChI is InChI=1S/C23H24BrClN4O2/c1-31-21-18(13-15-12-16(24)4-7-19(15)28-21)20(14-2-5-17(25)6-3-14)23(30)8-10-29(11-9-23)22(26)27/h2-7,12-13,20,30H,8-11H2,1H3,(H3,26,27). The van der Waals surface area contributed by atoms with Crippen molar-refractivity contribution in [3.63, 3.8) is 0 Å². The molecule has 162 valence electrons. The number of nitrogens with one attached hydrogen (secondary N) is 1. The molecular weight excluding hydrogens is 480 g/mol. The lowest BCUT2D eigenvalue weighted by molar-refractivity contribution is -0.0222. The molecule has 1 aliphatic rings. The molecule has 0 amide bonds. The van der Waals surface area contributed by atoms with Crippen molar-refractivity contribution in [2.45, 2.75) is 24.4 Å². The Morgan fingerprint density at radius 1 is 1.23 bits per heavy atom. The number of rotatable bonds is 4. The molecule has 8 heteroatoms. The number of aromatic nitrogens is 1. The molecule has 31 heavy (non-hydrogen) atoms. The number of guanidine groups is 1. The van der Waals surface area contributed by atoms with Crippen LogP contribution in [0.15, 0.2) is 53.0 Å². The maximum atomic E-state index is 11.9. The molecule has 0 bridgehead atoms. The smallest absolute Gasteiger partial charge is 0.217 e. The van der Waals surface area contributed by atoms with Crippen molar-refractivity contribution in [2.24, 2.45) is 5.73 Å². The Hall–Kier alpha value is -2.35. The summed E-state index contributed by atoms with van der Waals surface area (Å²) in [5, 5.41) is 21.2. The molecule has 0 saturated carbocycles. The van der Waals surface area contributed by atoms with Gasteiger partial charge in [0, 0.05) is 39.5 Å². The summed E-state index contributed by atoms with van der Waals surface area (Å²) >= 11 is 9.67. The van der Waals surface area contributed by atoms with Crippen LogP contribution in [-0.2, 0) is 0 Å². The third-order valence-corrected chi connectivity index (χ3v) is 6.73. The number of methoxy groups -OCH3 is 1. The summed E-state index contributed by atoms with van der Waals surface area (Å²) < 4.78 is 6.63. The zero-order valence-corrected chi connectivity index (χ0v) is 19.4. The Bertz CT molecular complexity index is 1110. The van der Waals surface area contributed by atoms with Gasteiger partial charge in [-0.3, -0.25) is 5.41 Å². The molecule has 6 nitrogen and oxygen atoms in total. The molecule has 1 aliphatic heterocycles. The van der Waals surface area contributed by atoms with Crippen LogP contribution in [0.3, 0.4) is 0 Å². The molecule has 3 aromatic rings. The average Bonchev–Trinajstić information content (AvgIpc) is 2.75. The van der Waals surface area contributed by atoms with Crippen molar-refractivity contribution in [1.82, 2.24) is 9.88 Å². The SMILES string of the molecule is COc1nc2ccc(Br)cc2cc1C(c1ccc(Cl)cc1)C1(O)CCN(C(=N)N)CC1. The number of piperidine rings is 1. The lowest BCUT2D eigenvalue weighted by atomic mass is 9.72. The first kappa shape index (κ1) is 21.9. The third kappa shape index (κ3) is 4.35. The van der Waals surface area contributed by atoms with Gasteiger partial charge in [0.25, 0.3) is 0 Å². The van der Waals surface area contributed by atoms with Gasteiger partial charge >= 0.3 is 0 Å². The van der Waals surface area contributed by atoms with Crippen LogP contribution < -0.4 is 10.5 Å². The predicted molar refractivity (Wildman–Crippen MR) is 127 cm³/mol. The van der Waals surface area contributed by atoms with Gasteiger partial charge in [-0.25, -0.2) is 4.98 Å². The number of fused-ring (bicyclic) bond motifs is 1. The fourth-order valence-corrected chi connectivity index (χ4v) is 4.88. The largest absolute Gasteiger partial charge is 0.481 e. The monoisotopic (exact) mass is 502 g/mol. The minimum atomic E-state index is -1.06. The summed E-state index contributed by atoms with van der Waals surface area (Å²) in [7, 11) is 1.60. The highest BCUT2D eigenvalue weighted by molar-refractivity contribution is 9.10. The minimum Gasteiger partial charge on any atom is -0.481 e. The molecule has 1 unspecified atom stereocenters. The van der Waals surface area contributed by atoms with Gasteiger partial charge in [0.15, 0.2) is 5.96 Å². The number of hydrogen-bond donors (Lipinski definition) is 3. The molecule has 1 saturated heterocycles. The van der Waals surface area contributed by atoms with Crippen molar-refractivity contribution in [2.75, 3.05) is 20.2 Å². The van der Waals surface area contributed by atoms with Crippen LogP contribution in [0.2, 0.25) is 5.02 Å². The summed E-state index contributed by atoms with van der Waals surface area (Å²) in [6.07, 6.45) is 0.916. The maximum Gasteiger partial charge on any atom is 0.217 e. The Morgan fingerprint density at radius 3 is 2.52 bits per heavy atom. The quantitative estimate of drug-likeness (QED) is 0.360. The molecule has 0 radical (unpaired) electrons. The van der Waals surface area contributed by atoms with E-state index in [1.165, 1.54) is 0 Å². The van der Waals surface area contributed by atoms with Crippen molar-refractivity contribution < 1.29 is 9.84 Å². The van der Waals surface area contributed by atoms with Crippen LogP contribution in [0.25, 0.3) is 10.9 Å². The van der Waals surface area contributed by atoms with Crippen LogP contribution in [0.1, 0.15) is 29.9 Å². The van der Waals surface area contributed by atoms with Crippen LogP contribution in [0, 0.1) is 5.41 Å². The summed E-state index contributed by atoms with van der Waals surface area (Å²) in [5.41, 5.74) is 7.17. The van der Waals surface area contributed by atoms with E-state index in [9.17, 15) is 5.11 Å². The molecular formula is C23H24BrClN4O2. The van der Waals surface area contributed by atoms with E-state index < -0.39 is 5.60 Å². The summed E-state index contributed by atoms with van der Waals surface area (Å²) in [6.45, 7) is 1.01. The van der Waals surface area contributed by atoms with E-state index in [0.717, 1.165) is 26.5 Å². The van der Waals surface area contributed by atoms with Gasteiger partial charge in [-0.2, -0.15) is 0 Å². The highest BCUT2D eigenvalue weighted by atomic mass is 79.9. The van der Waals surface area contributed by atoms with Crippen LogP contribution in [-0.4, -0.2) is 46.8 Å². The number of nitrogens with zero attached hydrogens (tertiary/aromatic N) is 2. The van der Waals surface area contributed by atoms with E-state index in [4.69, 9.17) is 32.5 Å². The third-order valence-electron chi connectivity index (χ3n) is 5.98. The van der Waals surface area contributed by atoms with Crippen molar-refractivity contribution in [3.8, 4) is 5.88 Å². The van der Waals surface area contributed by atoms with Crippen molar-refractivity contribution >= 4 is 44.4 Å². The molecule has 0 spiro atoms. The van der Waals surface area contributed by atoms with Crippen LogP contribution >= 0.6 is 27.5 Å². The van der Waals surface area contributed by atoms with E-state index in [2.05, 4.69) is 15.9 Å². The number of nitrogens with two attached hydrogens (primary N) is 1. The highest BCUT2D eigenvalue weighted by Crippen LogP contribution is 2.45. The van der Waals surface area contributed by atoms with Gasteiger partial charge in [0.05, 0.1) is 18.2 Å². The Labute approximate surface area is 194 Å². The highest BCUT2D eigenvalue weighted by Gasteiger charge is 2.43. The van der Waals surface area contributed by atoms with E-state index in [1.807, 2.05) is 48.5 Å².